The number of aromatic nitrogens is 4. The zero-order chi connectivity index (χ0) is 17.8. The van der Waals surface area contributed by atoms with Gasteiger partial charge in [0.15, 0.2) is 5.82 Å². The van der Waals surface area contributed by atoms with Crippen LogP contribution in [0.25, 0.3) is 5.69 Å². The van der Waals surface area contributed by atoms with Crippen LogP contribution in [0.15, 0.2) is 30.3 Å². The van der Waals surface area contributed by atoms with Crippen molar-refractivity contribution in [2.75, 3.05) is 26.2 Å². The Bertz CT molecular complexity index is 776. The van der Waals surface area contributed by atoms with Gasteiger partial charge in [0.25, 0.3) is 0 Å². The Kier molecular flexibility index (Phi) is 3.66. The van der Waals surface area contributed by atoms with Gasteiger partial charge in [-0.05, 0) is 78.3 Å². The number of tetrazole rings is 1. The van der Waals surface area contributed by atoms with Crippen LogP contribution in [-0.4, -0.2) is 51.3 Å². The van der Waals surface area contributed by atoms with Crippen molar-refractivity contribution in [3.63, 3.8) is 0 Å². The van der Waals surface area contributed by atoms with Crippen LogP contribution >= 0.6 is 0 Å². The summed E-state index contributed by atoms with van der Waals surface area (Å²) >= 11 is 0. The second-order valence-corrected chi connectivity index (χ2v) is 9.12. The topological polar surface area (TPSA) is 58.9 Å². The Morgan fingerprint density at radius 3 is 2.22 bits per heavy atom. The van der Waals surface area contributed by atoms with Crippen LogP contribution in [0.1, 0.15) is 37.9 Å². The number of benzene rings is 1. The van der Waals surface area contributed by atoms with Crippen LogP contribution < -0.4 is 5.32 Å². The highest BCUT2D eigenvalue weighted by Crippen LogP contribution is 2.63. The Morgan fingerprint density at radius 1 is 0.889 bits per heavy atom. The Hall–Kier alpha value is -1.79. The van der Waals surface area contributed by atoms with Gasteiger partial charge in [0.2, 0.25) is 0 Å². The normalized spacial score (nSPS) is 38.4. The minimum Gasteiger partial charge on any atom is -0.314 e. The van der Waals surface area contributed by atoms with Crippen LogP contribution in [0, 0.1) is 23.7 Å². The summed E-state index contributed by atoms with van der Waals surface area (Å²) < 4.78 is 2.05. The summed E-state index contributed by atoms with van der Waals surface area (Å²) in [5, 5.41) is 16.9. The fraction of sp³-hybridized carbons (Fsp3) is 0.667. The molecule has 27 heavy (non-hydrogen) atoms. The molecular formula is C21H28N6. The van der Waals surface area contributed by atoms with E-state index in [1.165, 1.54) is 32.1 Å². The molecule has 7 rings (SSSR count). The van der Waals surface area contributed by atoms with Gasteiger partial charge in [-0.15, -0.1) is 5.10 Å². The van der Waals surface area contributed by atoms with E-state index in [1.807, 2.05) is 4.68 Å². The third kappa shape index (κ3) is 2.29. The van der Waals surface area contributed by atoms with E-state index >= 15 is 0 Å². The molecule has 5 aliphatic rings. The summed E-state index contributed by atoms with van der Waals surface area (Å²) in [5.74, 6) is 4.36. The molecule has 1 aromatic carbocycles. The molecule has 1 aliphatic heterocycles. The summed E-state index contributed by atoms with van der Waals surface area (Å²) in [6, 6.07) is 10.5. The summed E-state index contributed by atoms with van der Waals surface area (Å²) in [6.07, 6.45) is 6.91. The lowest BCUT2D eigenvalue weighted by Gasteiger charge is -2.64. The minimum absolute atomic E-state index is 0.00879. The first kappa shape index (κ1) is 16.2. The van der Waals surface area contributed by atoms with Crippen molar-refractivity contribution in [3.05, 3.63) is 36.2 Å². The van der Waals surface area contributed by atoms with Gasteiger partial charge in [-0.25, -0.2) is 0 Å². The first-order valence-corrected chi connectivity index (χ1v) is 10.7. The molecule has 0 atom stereocenters. The molecule has 1 aromatic heterocycles. The van der Waals surface area contributed by atoms with E-state index in [4.69, 9.17) is 5.10 Å². The van der Waals surface area contributed by atoms with Crippen LogP contribution in [0.3, 0.4) is 0 Å². The number of hydrogen-bond acceptors (Lipinski definition) is 5. The number of rotatable bonds is 3. The summed E-state index contributed by atoms with van der Waals surface area (Å²) in [4.78, 5) is 2.77. The fourth-order valence-corrected chi connectivity index (χ4v) is 7.14. The highest BCUT2D eigenvalue weighted by molar-refractivity contribution is 5.33. The van der Waals surface area contributed by atoms with Crippen molar-refractivity contribution in [1.82, 2.24) is 30.4 Å². The SMILES string of the molecule is c1ccc(-n2nnnc2C2(N3CCNCC3)C3CC4CC(C3)CC2C4)cc1. The summed E-state index contributed by atoms with van der Waals surface area (Å²) in [5.41, 5.74) is 1.09. The average Bonchev–Trinajstić information content (AvgIpc) is 3.19. The summed E-state index contributed by atoms with van der Waals surface area (Å²) in [6.45, 7) is 4.34. The molecule has 2 aromatic rings. The highest BCUT2D eigenvalue weighted by Gasteiger charge is 2.62. The predicted octanol–water partition coefficient (Wildman–Crippen LogP) is 2.22. The maximum Gasteiger partial charge on any atom is 0.177 e. The van der Waals surface area contributed by atoms with E-state index in [0.717, 1.165) is 49.5 Å². The second-order valence-electron chi connectivity index (χ2n) is 9.12. The minimum atomic E-state index is 0.00879. The van der Waals surface area contributed by atoms with Gasteiger partial charge in [0, 0.05) is 26.2 Å². The molecule has 142 valence electrons. The maximum absolute atomic E-state index is 4.73. The van der Waals surface area contributed by atoms with Crippen molar-refractivity contribution in [2.45, 2.75) is 37.6 Å². The van der Waals surface area contributed by atoms with Crippen LogP contribution in [-0.2, 0) is 5.54 Å². The van der Waals surface area contributed by atoms with Crippen molar-refractivity contribution in [1.29, 1.82) is 0 Å². The quantitative estimate of drug-likeness (QED) is 0.905. The Balaban J connectivity index is 1.52. The van der Waals surface area contributed by atoms with Gasteiger partial charge >= 0.3 is 0 Å². The average molecular weight is 364 g/mol. The lowest BCUT2D eigenvalue weighted by atomic mass is 9.47. The Labute approximate surface area is 160 Å². The molecule has 4 saturated carbocycles. The van der Waals surface area contributed by atoms with Gasteiger partial charge in [0.1, 0.15) is 0 Å². The smallest absolute Gasteiger partial charge is 0.177 e. The lowest BCUT2D eigenvalue weighted by Crippen LogP contribution is -2.67. The van der Waals surface area contributed by atoms with Gasteiger partial charge in [-0.2, -0.15) is 4.68 Å². The molecule has 0 amide bonds. The molecule has 4 aliphatic carbocycles. The predicted molar refractivity (Wildman–Crippen MR) is 102 cm³/mol. The third-order valence-electron chi connectivity index (χ3n) is 7.85. The van der Waals surface area contributed by atoms with Crippen molar-refractivity contribution >= 4 is 0 Å². The molecule has 1 saturated heterocycles. The highest BCUT2D eigenvalue weighted by atomic mass is 15.6. The molecule has 0 spiro atoms. The molecule has 2 heterocycles. The number of nitrogens with one attached hydrogen (secondary N) is 1. The van der Waals surface area contributed by atoms with E-state index in [-0.39, 0.29) is 5.54 Å². The monoisotopic (exact) mass is 364 g/mol. The Morgan fingerprint density at radius 2 is 1.56 bits per heavy atom. The first-order valence-electron chi connectivity index (χ1n) is 10.7. The van der Waals surface area contributed by atoms with E-state index in [0.29, 0.717) is 11.8 Å². The van der Waals surface area contributed by atoms with Crippen LogP contribution in [0.4, 0.5) is 0 Å². The number of para-hydroxylation sites is 1. The van der Waals surface area contributed by atoms with Crippen molar-refractivity contribution < 1.29 is 0 Å². The van der Waals surface area contributed by atoms with Crippen molar-refractivity contribution in [3.8, 4) is 5.69 Å². The maximum atomic E-state index is 4.73. The number of piperazine rings is 1. The first-order chi connectivity index (χ1) is 13.4. The van der Waals surface area contributed by atoms with E-state index in [2.05, 4.69) is 51.0 Å². The molecule has 6 nitrogen and oxygen atoms in total. The van der Waals surface area contributed by atoms with Gasteiger partial charge < -0.3 is 5.32 Å². The van der Waals surface area contributed by atoms with E-state index in [9.17, 15) is 0 Å². The van der Waals surface area contributed by atoms with E-state index in [1.54, 1.807) is 0 Å². The molecule has 5 fully saturated rings. The molecule has 0 radical (unpaired) electrons. The van der Waals surface area contributed by atoms with Gasteiger partial charge in [-0.3, -0.25) is 4.90 Å². The van der Waals surface area contributed by atoms with Crippen LogP contribution in [0.2, 0.25) is 0 Å². The molecule has 0 unspecified atom stereocenters. The zero-order valence-electron chi connectivity index (χ0n) is 15.8. The van der Waals surface area contributed by atoms with Gasteiger partial charge in [0.05, 0.1) is 11.2 Å². The zero-order valence-corrected chi connectivity index (χ0v) is 15.8. The van der Waals surface area contributed by atoms with Crippen LogP contribution in [0.5, 0.6) is 0 Å². The lowest BCUT2D eigenvalue weighted by molar-refractivity contribution is -0.150. The van der Waals surface area contributed by atoms with Crippen molar-refractivity contribution in [2.24, 2.45) is 23.7 Å². The molecule has 4 bridgehead atoms. The molecular weight excluding hydrogens is 336 g/mol. The third-order valence-corrected chi connectivity index (χ3v) is 7.85. The largest absolute Gasteiger partial charge is 0.314 e. The molecule has 6 heteroatoms. The van der Waals surface area contributed by atoms with E-state index < -0.39 is 0 Å². The molecule has 1 N–H and O–H groups in total. The fourth-order valence-electron chi connectivity index (χ4n) is 7.14. The second kappa shape index (κ2) is 6.11. The summed E-state index contributed by atoms with van der Waals surface area (Å²) in [7, 11) is 0. The van der Waals surface area contributed by atoms with Gasteiger partial charge in [-0.1, -0.05) is 18.2 Å². The number of nitrogens with zero attached hydrogens (tertiary/aromatic N) is 5. The number of hydrogen-bond donors (Lipinski definition) is 1. The standard InChI is InChI=1S/C21H28N6/c1-2-4-19(5-3-1)27-20(23-24-25-27)21(26-8-6-22-7-9-26)17-11-15-10-16(13-17)14-18(21)12-15/h1-5,15-18,22H,6-14H2.